The Kier molecular flexibility index (Phi) is 6.99. The van der Waals surface area contributed by atoms with Gasteiger partial charge in [-0.25, -0.2) is 4.79 Å². The lowest BCUT2D eigenvalue weighted by Crippen LogP contribution is -2.09. The Morgan fingerprint density at radius 1 is 0.818 bits per heavy atom. The fourth-order valence-corrected chi connectivity index (χ4v) is 2.89. The quantitative estimate of drug-likeness (QED) is 0.155. The molecule has 0 aromatic heterocycles. The van der Waals surface area contributed by atoms with Gasteiger partial charge < -0.3 is 14.2 Å². The van der Waals surface area contributed by atoms with Gasteiger partial charge in [-0.3, -0.25) is 20.2 Å². The minimum Gasteiger partial charge on any atom is -0.497 e. The van der Waals surface area contributed by atoms with E-state index in [2.05, 4.69) is 0 Å². The van der Waals surface area contributed by atoms with E-state index in [4.69, 9.17) is 14.2 Å². The topological polar surface area (TPSA) is 131 Å². The standard InChI is InChI=1S/C23H18N2O8/c1-31-19-10-7-17(8-11-19)23(26)33-21-12-4-15(13-22(21)32-2)3-5-16-6-9-18(24(27)28)14-20(16)25(29)30/h3-14H,1-2H3/b5-3+. The molecule has 0 saturated heterocycles. The van der Waals surface area contributed by atoms with Crippen LogP contribution in [0.3, 0.4) is 0 Å². The molecule has 0 aliphatic rings. The molecule has 10 nitrogen and oxygen atoms in total. The highest BCUT2D eigenvalue weighted by molar-refractivity contribution is 5.91. The number of benzene rings is 3. The summed E-state index contributed by atoms with van der Waals surface area (Å²) in [5.74, 6) is 0.489. The number of esters is 1. The average molecular weight is 450 g/mol. The summed E-state index contributed by atoms with van der Waals surface area (Å²) >= 11 is 0. The second-order valence-corrected chi connectivity index (χ2v) is 6.62. The lowest BCUT2D eigenvalue weighted by Gasteiger charge is -2.10. The van der Waals surface area contributed by atoms with Gasteiger partial charge in [-0.05, 0) is 54.1 Å². The van der Waals surface area contributed by atoms with Crippen LogP contribution in [0.2, 0.25) is 0 Å². The number of nitro benzene ring substituents is 2. The van der Waals surface area contributed by atoms with Crippen molar-refractivity contribution in [2.45, 2.75) is 0 Å². The number of methoxy groups -OCH3 is 2. The molecule has 0 saturated carbocycles. The Bertz CT molecular complexity index is 1240. The molecule has 0 atom stereocenters. The Hall–Kier alpha value is -4.73. The van der Waals surface area contributed by atoms with Crippen molar-refractivity contribution < 1.29 is 28.9 Å². The van der Waals surface area contributed by atoms with E-state index < -0.39 is 21.5 Å². The van der Waals surface area contributed by atoms with Crippen LogP contribution in [0.15, 0.2) is 60.7 Å². The fourth-order valence-electron chi connectivity index (χ4n) is 2.89. The maximum Gasteiger partial charge on any atom is 0.343 e. The molecule has 0 amide bonds. The zero-order chi connectivity index (χ0) is 24.0. The molecule has 3 aromatic carbocycles. The molecule has 0 N–H and O–H groups in total. The smallest absolute Gasteiger partial charge is 0.343 e. The van der Waals surface area contributed by atoms with Gasteiger partial charge in [0.05, 0.1) is 41.3 Å². The fraction of sp³-hybridized carbons (Fsp3) is 0.0870. The number of nitrogens with zero attached hydrogens (tertiary/aromatic N) is 2. The largest absolute Gasteiger partial charge is 0.497 e. The van der Waals surface area contributed by atoms with Gasteiger partial charge in [0, 0.05) is 6.07 Å². The van der Waals surface area contributed by atoms with Crippen molar-refractivity contribution in [1.29, 1.82) is 0 Å². The molecule has 33 heavy (non-hydrogen) atoms. The summed E-state index contributed by atoms with van der Waals surface area (Å²) in [7, 11) is 2.93. The maximum atomic E-state index is 12.4. The Morgan fingerprint density at radius 2 is 1.55 bits per heavy atom. The minimum atomic E-state index is -0.697. The summed E-state index contributed by atoms with van der Waals surface area (Å²) in [6.07, 6.45) is 3.03. The van der Waals surface area contributed by atoms with Crippen molar-refractivity contribution in [3.05, 3.63) is 97.6 Å². The number of hydrogen-bond acceptors (Lipinski definition) is 8. The number of rotatable bonds is 8. The number of hydrogen-bond donors (Lipinski definition) is 0. The van der Waals surface area contributed by atoms with Crippen LogP contribution in [-0.2, 0) is 0 Å². The van der Waals surface area contributed by atoms with Gasteiger partial charge in [0.2, 0.25) is 0 Å². The summed E-state index contributed by atoms with van der Waals surface area (Å²) in [6.45, 7) is 0. The van der Waals surface area contributed by atoms with Gasteiger partial charge in [-0.2, -0.15) is 0 Å². The summed E-state index contributed by atoms with van der Waals surface area (Å²) in [5, 5.41) is 22.2. The highest BCUT2D eigenvalue weighted by Crippen LogP contribution is 2.31. The van der Waals surface area contributed by atoms with Crippen LogP contribution in [0, 0.1) is 20.2 Å². The van der Waals surface area contributed by atoms with Crippen molar-refractivity contribution in [2.75, 3.05) is 14.2 Å². The summed E-state index contributed by atoms with van der Waals surface area (Å²) in [4.78, 5) is 33.2. The predicted molar refractivity (Wildman–Crippen MR) is 120 cm³/mol. The molecular weight excluding hydrogens is 432 g/mol. The predicted octanol–water partition coefficient (Wildman–Crippen LogP) is 4.91. The van der Waals surface area contributed by atoms with Crippen molar-refractivity contribution in [1.82, 2.24) is 0 Å². The van der Waals surface area contributed by atoms with E-state index in [1.807, 2.05) is 0 Å². The SMILES string of the molecule is COc1ccc(C(=O)Oc2ccc(/C=C/c3ccc([N+](=O)[O-])cc3[N+](=O)[O-])cc2OC)cc1. The molecule has 168 valence electrons. The molecular formula is C23H18N2O8. The van der Waals surface area contributed by atoms with E-state index in [1.165, 1.54) is 38.5 Å². The van der Waals surface area contributed by atoms with Gasteiger partial charge in [-0.1, -0.05) is 12.1 Å². The van der Waals surface area contributed by atoms with Crippen LogP contribution in [0.4, 0.5) is 11.4 Å². The monoisotopic (exact) mass is 450 g/mol. The van der Waals surface area contributed by atoms with Crippen LogP contribution in [-0.4, -0.2) is 30.0 Å². The molecule has 0 fully saturated rings. The average Bonchev–Trinajstić information content (AvgIpc) is 2.83. The van der Waals surface area contributed by atoms with E-state index in [0.717, 1.165) is 6.07 Å². The second-order valence-electron chi connectivity index (χ2n) is 6.62. The highest BCUT2D eigenvalue weighted by atomic mass is 16.6. The Labute approximate surface area is 187 Å². The lowest BCUT2D eigenvalue weighted by atomic mass is 10.1. The van der Waals surface area contributed by atoms with Gasteiger partial charge >= 0.3 is 5.97 Å². The van der Waals surface area contributed by atoms with Crippen molar-refractivity contribution >= 4 is 29.5 Å². The highest BCUT2D eigenvalue weighted by Gasteiger charge is 2.18. The van der Waals surface area contributed by atoms with Gasteiger partial charge in [0.15, 0.2) is 11.5 Å². The van der Waals surface area contributed by atoms with Crippen molar-refractivity contribution in [2.24, 2.45) is 0 Å². The normalized spacial score (nSPS) is 10.6. The second kappa shape index (κ2) is 10.1. The van der Waals surface area contributed by atoms with Gasteiger partial charge in [0.1, 0.15) is 5.75 Å². The van der Waals surface area contributed by atoms with Crippen LogP contribution >= 0.6 is 0 Å². The number of non-ortho nitro benzene ring substituents is 1. The minimum absolute atomic E-state index is 0.191. The third kappa shape index (κ3) is 5.50. The van der Waals surface area contributed by atoms with Crippen LogP contribution in [0.5, 0.6) is 17.2 Å². The van der Waals surface area contributed by atoms with Crippen LogP contribution in [0.25, 0.3) is 12.2 Å². The van der Waals surface area contributed by atoms with E-state index in [1.54, 1.807) is 42.5 Å². The van der Waals surface area contributed by atoms with E-state index in [-0.39, 0.29) is 22.7 Å². The third-order valence-electron chi connectivity index (χ3n) is 4.59. The molecule has 0 aliphatic carbocycles. The summed E-state index contributed by atoms with van der Waals surface area (Å²) < 4.78 is 15.8. The first kappa shape index (κ1) is 22.9. The zero-order valence-corrected chi connectivity index (χ0v) is 17.6. The maximum absolute atomic E-state index is 12.4. The zero-order valence-electron chi connectivity index (χ0n) is 17.6. The van der Waals surface area contributed by atoms with Crippen LogP contribution in [0.1, 0.15) is 21.5 Å². The van der Waals surface area contributed by atoms with E-state index >= 15 is 0 Å². The first-order valence-corrected chi connectivity index (χ1v) is 9.47. The molecule has 0 spiro atoms. The summed E-state index contributed by atoms with van der Waals surface area (Å²) in [5.41, 5.74) is 0.358. The first-order chi connectivity index (χ1) is 15.8. The Morgan fingerprint density at radius 3 is 2.15 bits per heavy atom. The molecule has 0 heterocycles. The van der Waals surface area contributed by atoms with Crippen molar-refractivity contribution in [3.8, 4) is 17.2 Å². The van der Waals surface area contributed by atoms with E-state index in [9.17, 15) is 25.0 Å². The van der Waals surface area contributed by atoms with Gasteiger partial charge in [-0.15, -0.1) is 0 Å². The lowest BCUT2D eigenvalue weighted by molar-refractivity contribution is -0.394. The molecule has 0 bridgehead atoms. The molecule has 0 radical (unpaired) electrons. The van der Waals surface area contributed by atoms with Gasteiger partial charge in [0.25, 0.3) is 11.4 Å². The molecule has 3 aromatic rings. The molecule has 10 heteroatoms. The molecule has 0 aliphatic heterocycles. The number of carbonyl (C=O) groups is 1. The van der Waals surface area contributed by atoms with Crippen LogP contribution < -0.4 is 14.2 Å². The first-order valence-electron chi connectivity index (χ1n) is 9.47. The molecule has 3 rings (SSSR count). The number of nitro groups is 2. The van der Waals surface area contributed by atoms with Crippen molar-refractivity contribution in [3.63, 3.8) is 0 Å². The molecule has 0 unspecified atom stereocenters. The third-order valence-corrected chi connectivity index (χ3v) is 4.59. The van der Waals surface area contributed by atoms with E-state index in [0.29, 0.717) is 16.9 Å². The summed E-state index contributed by atoms with van der Waals surface area (Å²) in [6, 6.07) is 14.6. The Balaban J connectivity index is 1.82. The number of ether oxygens (including phenoxy) is 3. The number of carbonyl (C=O) groups excluding carboxylic acids is 1.